The first kappa shape index (κ1) is 26.0. The van der Waals surface area contributed by atoms with Crippen LogP contribution in [-0.2, 0) is 17.8 Å². The second-order valence-electron chi connectivity index (χ2n) is 9.61. The summed E-state index contributed by atoms with van der Waals surface area (Å²) in [6, 6.07) is 7.20. The molecule has 6 rings (SSSR count). The van der Waals surface area contributed by atoms with Gasteiger partial charge in [0.05, 0.1) is 32.7 Å². The minimum absolute atomic E-state index is 0.00718. The predicted octanol–water partition coefficient (Wildman–Crippen LogP) is 3.17. The third-order valence-electron chi connectivity index (χ3n) is 6.85. The van der Waals surface area contributed by atoms with Gasteiger partial charge >= 0.3 is 5.97 Å². The third-order valence-corrected chi connectivity index (χ3v) is 6.85. The number of pyridine rings is 1. The van der Waals surface area contributed by atoms with Crippen molar-refractivity contribution in [3.63, 3.8) is 0 Å². The molecule has 0 radical (unpaired) electrons. The largest absolute Gasteiger partial charge is 0.494 e. The van der Waals surface area contributed by atoms with Crippen LogP contribution in [0.25, 0.3) is 16.8 Å². The fourth-order valence-electron chi connectivity index (χ4n) is 4.57. The molecule has 41 heavy (non-hydrogen) atoms. The third kappa shape index (κ3) is 5.33. The van der Waals surface area contributed by atoms with Crippen LogP contribution in [0.3, 0.4) is 0 Å². The van der Waals surface area contributed by atoms with Crippen molar-refractivity contribution in [3.05, 3.63) is 89.4 Å². The summed E-state index contributed by atoms with van der Waals surface area (Å²) >= 11 is 0. The molecule has 0 bridgehead atoms. The normalized spacial score (nSPS) is 12.9. The van der Waals surface area contributed by atoms with Crippen molar-refractivity contribution in [1.82, 2.24) is 39.7 Å². The molecule has 1 amide bonds. The summed E-state index contributed by atoms with van der Waals surface area (Å²) in [5.74, 6) is -1.36. The first-order valence-electron chi connectivity index (χ1n) is 12.9. The molecule has 1 aliphatic rings. The Bertz CT molecular complexity index is 1760. The van der Waals surface area contributed by atoms with Gasteiger partial charge in [-0.1, -0.05) is 17.3 Å². The molecule has 0 aliphatic heterocycles. The predicted molar refractivity (Wildman–Crippen MR) is 143 cm³/mol. The van der Waals surface area contributed by atoms with E-state index in [1.165, 1.54) is 62.0 Å². The van der Waals surface area contributed by atoms with Crippen molar-refractivity contribution in [2.75, 3.05) is 14.2 Å². The standard InChI is InChI=1S/C28H25FN8O4/c1-40-23-7-6-20(18-9-30-26(31-10-18)28(39)41-2)21(25(23)29)11-32-27(38)22-15-37(35-34-22)14-19-13-36-12-17(16-3-4-16)5-8-24(36)33-19/h5-10,12-13,15-16H,3-4,11,14H2,1-2H3,(H,32,38). The summed E-state index contributed by atoms with van der Waals surface area (Å²) in [5.41, 5.74) is 3.99. The Balaban J connectivity index is 1.17. The number of carbonyl (C=O) groups excluding carboxylic acids is 2. The van der Waals surface area contributed by atoms with Crippen molar-refractivity contribution >= 4 is 17.5 Å². The highest BCUT2D eigenvalue weighted by atomic mass is 19.1. The number of fused-ring (bicyclic) bond motifs is 1. The van der Waals surface area contributed by atoms with Gasteiger partial charge in [-0.3, -0.25) is 4.79 Å². The molecule has 5 aromatic rings. The lowest BCUT2D eigenvalue weighted by Gasteiger charge is -2.14. The van der Waals surface area contributed by atoms with Crippen LogP contribution in [0.4, 0.5) is 4.39 Å². The molecule has 12 nitrogen and oxygen atoms in total. The smallest absolute Gasteiger partial charge is 0.376 e. The van der Waals surface area contributed by atoms with Crippen LogP contribution >= 0.6 is 0 Å². The van der Waals surface area contributed by atoms with Crippen LogP contribution in [0.15, 0.2) is 55.2 Å². The van der Waals surface area contributed by atoms with Crippen LogP contribution in [-0.4, -0.2) is 60.4 Å². The highest BCUT2D eigenvalue weighted by Crippen LogP contribution is 2.39. The van der Waals surface area contributed by atoms with Gasteiger partial charge in [-0.15, -0.1) is 5.10 Å². The Kier molecular flexibility index (Phi) is 6.83. The molecule has 1 aliphatic carbocycles. The molecule has 4 heterocycles. The average Bonchev–Trinajstić information content (AvgIpc) is 3.61. The van der Waals surface area contributed by atoms with E-state index in [0.29, 0.717) is 23.6 Å². The van der Waals surface area contributed by atoms with Gasteiger partial charge in [-0.25, -0.2) is 28.8 Å². The summed E-state index contributed by atoms with van der Waals surface area (Å²) in [6.07, 6.45) is 10.8. The molecule has 1 saturated carbocycles. The van der Waals surface area contributed by atoms with Crippen molar-refractivity contribution in [3.8, 4) is 16.9 Å². The number of ether oxygens (including phenoxy) is 2. The quantitative estimate of drug-likeness (QED) is 0.271. The molecule has 0 atom stereocenters. The number of imidazole rings is 1. The number of hydrogen-bond donors (Lipinski definition) is 1. The van der Waals surface area contributed by atoms with E-state index in [0.717, 1.165) is 11.3 Å². The second-order valence-corrected chi connectivity index (χ2v) is 9.61. The van der Waals surface area contributed by atoms with E-state index in [9.17, 15) is 9.59 Å². The number of hydrogen-bond acceptors (Lipinski definition) is 9. The number of halogens is 1. The summed E-state index contributed by atoms with van der Waals surface area (Å²) in [7, 11) is 2.57. The SMILES string of the molecule is COC(=O)c1ncc(-c2ccc(OC)c(F)c2CNC(=O)c2cn(Cc3cn4cc(C5CC5)ccc4n3)nn2)cn1. The number of methoxy groups -OCH3 is 2. The maximum Gasteiger partial charge on any atom is 0.376 e. The van der Waals surface area contributed by atoms with E-state index >= 15 is 4.39 Å². The number of carbonyl (C=O) groups is 2. The Morgan fingerprint density at radius 1 is 1.07 bits per heavy atom. The zero-order chi connectivity index (χ0) is 28.5. The van der Waals surface area contributed by atoms with Crippen LogP contribution in [0.5, 0.6) is 5.75 Å². The zero-order valence-corrected chi connectivity index (χ0v) is 22.2. The van der Waals surface area contributed by atoms with Gasteiger partial charge in [0, 0.05) is 42.5 Å². The zero-order valence-electron chi connectivity index (χ0n) is 22.2. The molecule has 208 valence electrons. The Hall–Kier alpha value is -5.20. The topological polar surface area (TPSA) is 138 Å². The lowest BCUT2D eigenvalue weighted by Crippen LogP contribution is -2.24. The van der Waals surface area contributed by atoms with Gasteiger partial charge in [0.1, 0.15) is 5.65 Å². The fraction of sp³-hybridized carbons (Fsp3) is 0.250. The van der Waals surface area contributed by atoms with Crippen LogP contribution in [0, 0.1) is 5.82 Å². The van der Waals surface area contributed by atoms with Crippen LogP contribution < -0.4 is 10.1 Å². The monoisotopic (exact) mass is 556 g/mol. The first-order chi connectivity index (χ1) is 19.9. The highest BCUT2D eigenvalue weighted by Gasteiger charge is 2.24. The average molecular weight is 557 g/mol. The van der Waals surface area contributed by atoms with Gasteiger partial charge in [0.25, 0.3) is 5.91 Å². The maximum absolute atomic E-state index is 15.3. The number of benzene rings is 1. The Morgan fingerprint density at radius 2 is 1.88 bits per heavy atom. The van der Waals surface area contributed by atoms with Gasteiger partial charge in [-0.2, -0.15) is 0 Å². The molecule has 0 saturated heterocycles. The summed E-state index contributed by atoms with van der Waals surface area (Å²) in [6.45, 7) is 0.148. The second kappa shape index (κ2) is 10.8. The number of nitrogens with one attached hydrogen (secondary N) is 1. The van der Waals surface area contributed by atoms with E-state index in [1.807, 2.05) is 16.7 Å². The van der Waals surface area contributed by atoms with Crippen molar-refractivity contribution in [2.24, 2.45) is 0 Å². The molecule has 1 fully saturated rings. The molecular formula is C28H25FN8O4. The van der Waals surface area contributed by atoms with E-state index in [-0.39, 0.29) is 29.4 Å². The van der Waals surface area contributed by atoms with E-state index in [2.05, 4.69) is 47.6 Å². The molecule has 1 aromatic carbocycles. The highest BCUT2D eigenvalue weighted by molar-refractivity contribution is 5.92. The summed E-state index contributed by atoms with van der Waals surface area (Å²) in [5, 5.41) is 10.7. The number of rotatable bonds is 9. The van der Waals surface area contributed by atoms with Crippen LogP contribution in [0.1, 0.15) is 56.7 Å². The molecule has 0 unspecified atom stereocenters. The maximum atomic E-state index is 15.3. The van der Waals surface area contributed by atoms with Crippen molar-refractivity contribution in [1.29, 1.82) is 0 Å². The first-order valence-corrected chi connectivity index (χ1v) is 12.9. The van der Waals surface area contributed by atoms with Gasteiger partial charge in [-0.05, 0) is 42.0 Å². The molecular weight excluding hydrogens is 531 g/mol. The number of nitrogens with zero attached hydrogens (tertiary/aromatic N) is 7. The Labute approximate surface area is 233 Å². The number of aromatic nitrogens is 7. The van der Waals surface area contributed by atoms with Gasteiger partial charge in [0.15, 0.2) is 17.3 Å². The lowest BCUT2D eigenvalue weighted by atomic mass is 10.0. The van der Waals surface area contributed by atoms with Crippen molar-refractivity contribution < 1.29 is 23.5 Å². The number of esters is 1. The van der Waals surface area contributed by atoms with Crippen LogP contribution in [0.2, 0.25) is 0 Å². The minimum atomic E-state index is -0.693. The minimum Gasteiger partial charge on any atom is -0.494 e. The van der Waals surface area contributed by atoms with E-state index in [4.69, 9.17) is 4.74 Å². The molecule has 1 N–H and O–H groups in total. The fourth-order valence-corrected chi connectivity index (χ4v) is 4.57. The molecule has 13 heteroatoms. The van der Waals surface area contributed by atoms with Gasteiger partial charge in [0.2, 0.25) is 5.82 Å². The Morgan fingerprint density at radius 3 is 2.61 bits per heavy atom. The lowest BCUT2D eigenvalue weighted by molar-refractivity contribution is 0.0586. The summed E-state index contributed by atoms with van der Waals surface area (Å²) in [4.78, 5) is 37.2. The molecule has 4 aromatic heterocycles. The number of amides is 1. The van der Waals surface area contributed by atoms with E-state index in [1.54, 1.807) is 6.07 Å². The van der Waals surface area contributed by atoms with Crippen molar-refractivity contribution in [2.45, 2.75) is 31.8 Å². The molecule has 0 spiro atoms. The summed E-state index contributed by atoms with van der Waals surface area (Å²) < 4.78 is 28.6. The van der Waals surface area contributed by atoms with Gasteiger partial charge < -0.3 is 19.2 Å². The van der Waals surface area contributed by atoms with E-state index < -0.39 is 17.7 Å².